The van der Waals surface area contributed by atoms with E-state index in [1.54, 1.807) is 5.56 Å². The lowest BCUT2D eigenvalue weighted by molar-refractivity contribution is 0.409. The molecule has 0 aliphatic heterocycles. The van der Waals surface area contributed by atoms with E-state index >= 15 is 0 Å². The molecule has 0 spiro atoms. The van der Waals surface area contributed by atoms with Crippen LogP contribution in [-0.4, -0.2) is 0 Å². The van der Waals surface area contributed by atoms with Gasteiger partial charge in [-0.2, -0.15) is 0 Å². The summed E-state index contributed by atoms with van der Waals surface area (Å²) in [5.74, 6) is 0. The summed E-state index contributed by atoms with van der Waals surface area (Å²) in [6.45, 7) is 2.44. The van der Waals surface area contributed by atoms with Crippen LogP contribution in [0.1, 0.15) is 51.0 Å². The molecule has 0 amide bonds. The molecular formula is C14H20. The zero-order chi connectivity index (χ0) is 9.86. The molecule has 0 bridgehead atoms. The average Bonchev–Trinajstić information content (AvgIpc) is 2.46. The van der Waals surface area contributed by atoms with Crippen molar-refractivity contribution in [3.05, 3.63) is 35.9 Å². The van der Waals surface area contributed by atoms with Gasteiger partial charge in [0.15, 0.2) is 0 Å². The highest BCUT2D eigenvalue weighted by Crippen LogP contribution is 2.37. The van der Waals surface area contributed by atoms with Crippen molar-refractivity contribution in [3.63, 3.8) is 0 Å². The molecule has 76 valence electrons. The summed E-state index contributed by atoms with van der Waals surface area (Å²) in [5, 5.41) is 0. The Morgan fingerprint density at radius 2 is 1.43 bits per heavy atom. The lowest BCUT2D eigenvalue weighted by Crippen LogP contribution is -2.20. The van der Waals surface area contributed by atoms with Gasteiger partial charge in [0.1, 0.15) is 0 Å². The molecule has 1 fully saturated rings. The monoisotopic (exact) mass is 188 g/mol. The Kier molecular flexibility index (Phi) is 2.90. The van der Waals surface area contributed by atoms with Crippen molar-refractivity contribution in [2.45, 2.75) is 50.9 Å². The van der Waals surface area contributed by atoms with E-state index in [9.17, 15) is 0 Å². The highest BCUT2D eigenvalue weighted by molar-refractivity contribution is 5.24. The number of hydrogen-bond donors (Lipinski definition) is 0. The van der Waals surface area contributed by atoms with E-state index in [0.29, 0.717) is 5.41 Å². The van der Waals surface area contributed by atoms with E-state index in [1.165, 1.54) is 38.5 Å². The van der Waals surface area contributed by atoms with Crippen LogP contribution in [0.4, 0.5) is 0 Å². The number of rotatable bonds is 1. The van der Waals surface area contributed by atoms with Crippen LogP contribution in [0.3, 0.4) is 0 Å². The average molecular weight is 188 g/mol. The molecule has 0 saturated heterocycles. The van der Waals surface area contributed by atoms with Crippen LogP contribution in [0.2, 0.25) is 0 Å². The van der Waals surface area contributed by atoms with E-state index in [-0.39, 0.29) is 0 Å². The van der Waals surface area contributed by atoms with Gasteiger partial charge in [-0.3, -0.25) is 0 Å². The molecule has 0 nitrogen and oxygen atoms in total. The Morgan fingerprint density at radius 3 is 2.00 bits per heavy atom. The Balaban J connectivity index is 2.21. The van der Waals surface area contributed by atoms with Gasteiger partial charge < -0.3 is 0 Å². The zero-order valence-corrected chi connectivity index (χ0v) is 9.13. The van der Waals surface area contributed by atoms with E-state index < -0.39 is 0 Å². The minimum atomic E-state index is 0.456. The van der Waals surface area contributed by atoms with Crippen molar-refractivity contribution in [1.82, 2.24) is 0 Å². The molecule has 1 aliphatic rings. The van der Waals surface area contributed by atoms with Gasteiger partial charge in [-0.05, 0) is 23.8 Å². The molecule has 0 unspecified atom stereocenters. The first-order chi connectivity index (χ1) is 6.81. The summed E-state index contributed by atoms with van der Waals surface area (Å²) in [5.41, 5.74) is 2.00. The van der Waals surface area contributed by atoms with Gasteiger partial charge in [0, 0.05) is 0 Å². The maximum atomic E-state index is 2.44. The molecule has 1 aromatic carbocycles. The molecular weight excluding hydrogens is 168 g/mol. The summed E-state index contributed by atoms with van der Waals surface area (Å²) in [4.78, 5) is 0. The highest BCUT2D eigenvalue weighted by Gasteiger charge is 2.26. The number of benzene rings is 1. The SMILES string of the molecule is CC1(c2ccccc2)CCCCCC1. The topological polar surface area (TPSA) is 0 Å². The van der Waals surface area contributed by atoms with Gasteiger partial charge in [-0.1, -0.05) is 62.9 Å². The molecule has 1 aromatic rings. The largest absolute Gasteiger partial charge is 0.0622 e. The van der Waals surface area contributed by atoms with Crippen molar-refractivity contribution in [2.75, 3.05) is 0 Å². The second-order valence-corrected chi connectivity index (χ2v) is 4.84. The van der Waals surface area contributed by atoms with Gasteiger partial charge in [-0.25, -0.2) is 0 Å². The second-order valence-electron chi connectivity index (χ2n) is 4.84. The maximum absolute atomic E-state index is 2.44. The van der Waals surface area contributed by atoms with Crippen LogP contribution < -0.4 is 0 Å². The molecule has 1 aliphatic carbocycles. The molecule has 0 heteroatoms. The molecule has 0 aromatic heterocycles. The quantitative estimate of drug-likeness (QED) is 0.576. The summed E-state index contributed by atoms with van der Waals surface area (Å²) in [7, 11) is 0. The smallest absolute Gasteiger partial charge is 0.00753 e. The first-order valence-corrected chi connectivity index (χ1v) is 5.87. The molecule has 0 radical (unpaired) electrons. The van der Waals surface area contributed by atoms with Crippen molar-refractivity contribution in [2.24, 2.45) is 0 Å². The van der Waals surface area contributed by atoms with Gasteiger partial charge in [0.2, 0.25) is 0 Å². The molecule has 1 saturated carbocycles. The predicted octanol–water partition coefficient (Wildman–Crippen LogP) is 4.30. The lowest BCUT2D eigenvalue weighted by atomic mass is 9.76. The van der Waals surface area contributed by atoms with Gasteiger partial charge in [0.25, 0.3) is 0 Å². The van der Waals surface area contributed by atoms with Crippen LogP contribution in [0.15, 0.2) is 30.3 Å². The first kappa shape index (κ1) is 9.76. The summed E-state index contributed by atoms with van der Waals surface area (Å²) in [6, 6.07) is 11.1. The van der Waals surface area contributed by atoms with Crippen LogP contribution >= 0.6 is 0 Å². The van der Waals surface area contributed by atoms with E-state index in [2.05, 4.69) is 37.3 Å². The van der Waals surface area contributed by atoms with Gasteiger partial charge in [-0.15, -0.1) is 0 Å². The number of hydrogen-bond acceptors (Lipinski definition) is 0. The van der Waals surface area contributed by atoms with Crippen LogP contribution in [0, 0.1) is 0 Å². The Morgan fingerprint density at radius 1 is 0.857 bits per heavy atom. The predicted molar refractivity (Wildman–Crippen MR) is 61.5 cm³/mol. The molecule has 2 rings (SSSR count). The molecule has 14 heavy (non-hydrogen) atoms. The Hall–Kier alpha value is -0.780. The molecule has 0 atom stereocenters. The van der Waals surface area contributed by atoms with Crippen molar-refractivity contribution in [1.29, 1.82) is 0 Å². The third kappa shape index (κ3) is 2.00. The minimum absolute atomic E-state index is 0.456. The lowest BCUT2D eigenvalue weighted by Gasteiger charge is -2.28. The molecule has 0 N–H and O–H groups in total. The van der Waals surface area contributed by atoms with Crippen molar-refractivity contribution >= 4 is 0 Å². The van der Waals surface area contributed by atoms with Crippen LogP contribution in [0.5, 0.6) is 0 Å². The fraction of sp³-hybridized carbons (Fsp3) is 0.571. The fourth-order valence-corrected chi connectivity index (χ4v) is 2.64. The normalized spacial score (nSPS) is 21.5. The summed E-state index contributed by atoms with van der Waals surface area (Å²) < 4.78 is 0. The van der Waals surface area contributed by atoms with Crippen LogP contribution in [-0.2, 0) is 5.41 Å². The van der Waals surface area contributed by atoms with Crippen molar-refractivity contribution in [3.8, 4) is 0 Å². The van der Waals surface area contributed by atoms with E-state index in [4.69, 9.17) is 0 Å². The highest BCUT2D eigenvalue weighted by atomic mass is 14.3. The van der Waals surface area contributed by atoms with Gasteiger partial charge >= 0.3 is 0 Å². The van der Waals surface area contributed by atoms with Crippen LogP contribution in [0.25, 0.3) is 0 Å². The standard InChI is InChI=1S/C14H20/c1-14(11-7-2-3-8-12-14)13-9-5-4-6-10-13/h4-6,9-10H,2-3,7-8,11-12H2,1H3. The second kappa shape index (κ2) is 4.16. The third-order valence-electron chi connectivity index (χ3n) is 3.68. The third-order valence-corrected chi connectivity index (χ3v) is 3.68. The summed E-state index contributed by atoms with van der Waals surface area (Å²) in [6.07, 6.45) is 8.43. The zero-order valence-electron chi connectivity index (χ0n) is 9.13. The first-order valence-electron chi connectivity index (χ1n) is 5.87. The fourth-order valence-electron chi connectivity index (χ4n) is 2.64. The van der Waals surface area contributed by atoms with Crippen molar-refractivity contribution < 1.29 is 0 Å². The Labute approximate surface area is 87.3 Å². The molecule has 0 heterocycles. The van der Waals surface area contributed by atoms with E-state index in [0.717, 1.165) is 0 Å². The minimum Gasteiger partial charge on any atom is -0.0622 e. The summed E-state index contributed by atoms with van der Waals surface area (Å²) >= 11 is 0. The maximum Gasteiger partial charge on any atom is -0.00753 e. The van der Waals surface area contributed by atoms with Gasteiger partial charge in [0.05, 0.1) is 0 Å². The Bertz CT molecular complexity index is 265. The van der Waals surface area contributed by atoms with E-state index in [1.807, 2.05) is 0 Å².